The van der Waals surface area contributed by atoms with Crippen molar-refractivity contribution in [3.63, 3.8) is 0 Å². The van der Waals surface area contributed by atoms with Gasteiger partial charge in [0.15, 0.2) is 0 Å². The summed E-state index contributed by atoms with van der Waals surface area (Å²) in [7, 11) is -3.61. The van der Waals surface area contributed by atoms with E-state index in [0.717, 1.165) is 6.55 Å². The van der Waals surface area contributed by atoms with Crippen molar-refractivity contribution in [2.45, 2.75) is 20.4 Å². The third-order valence-electron chi connectivity index (χ3n) is 2.44. The van der Waals surface area contributed by atoms with Crippen molar-refractivity contribution in [2.24, 2.45) is 0 Å². The average Bonchev–Trinajstić information content (AvgIpc) is 3.00. The lowest BCUT2D eigenvalue weighted by Gasteiger charge is -1.95. The maximum atomic E-state index is 7.77. The Morgan fingerprint density at radius 1 is 0.222 bits per heavy atom. The summed E-state index contributed by atoms with van der Waals surface area (Å²) in [6, 6.07) is 0. The highest BCUT2D eigenvalue weighted by Crippen LogP contribution is 1.75. The van der Waals surface area contributed by atoms with Gasteiger partial charge in [0.05, 0.1) is 0 Å². The molecule has 4 heteroatoms. The summed E-state index contributed by atoms with van der Waals surface area (Å²) in [6.07, 6.45) is 0. The second kappa shape index (κ2) is 33.8. The molecule has 0 spiro atoms. The first-order valence-corrected chi connectivity index (χ1v) is 13.8. The smallest absolute Gasteiger partial charge is 0.390 e. The van der Waals surface area contributed by atoms with E-state index in [9.17, 15) is 0 Å². The fourth-order valence-electron chi connectivity index (χ4n) is 1.19. The summed E-state index contributed by atoms with van der Waals surface area (Å²) in [5, 5.41) is 0. The predicted molar refractivity (Wildman–Crippen MR) is 177 cm³/mol. The molecule has 3 nitrogen and oxygen atoms in total. The molecule has 0 fully saturated rings. The lowest BCUT2D eigenvalue weighted by atomic mass is 10.4. The molecule has 0 saturated carbocycles. The van der Waals surface area contributed by atoms with Crippen LogP contribution in [0.3, 0.4) is 0 Å². The first kappa shape index (κ1) is 38.9. The molecule has 0 heterocycles. The highest BCUT2D eigenvalue weighted by Gasteiger charge is 2.14. The van der Waals surface area contributed by atoms with Gasteiger partial charge in [-0.05, 0) is 109 Å². The molecule has 0 atom stereocenters. The van der Waals surface area contributed by atoms with E-state index in [1.807, 2.05) is 0 Å². The zero-order valence-corrected chi connectivity index (χ0v) is 24.8. The van der Waals surface area contributed by atoms with Crippen LogP contribution >= 0.6 is 0 Å². The first-order chi connectivity index (χ1) is 21.9. The summed E-state index contributed by atoms with van der Waals surface area (Å²) in [5.74, 6) is 95.6. The van der Waals surface area contributed by atoms with E-state index < -0.39 is 8.80 Å². The van der Waals surface area contributed by atoms with Gasteiger partial charge in [-0.25, -0.2) is 0 Å². The van der Waals surface area contributed by atoms with Gasteiger partial charge in [0, 0.05) is 125 Å². The van der Waals surface area contributed by atoms with Gasteiger partial charge in [-0.2, -0.15) is 0 Å². The van der Waals surface area contributed by atoms with Gasteiger partial charge in [-0.15, -0.1) is 0 Å². The van der Waals surface area contributed by atoms with Gasteiger partial charge in [0.1, 0.15) is 0 Å². The summed E-state index contributed by atoms with van der Waals surface area (Å²) in [6.45, 7) is 4.37. The maximum absolute atomic E-state index is 7.77. The van der Waals surface area contributed by atoms with E-state index in [1.165, 1.54) is 0 Å². The topological polar surface area (TPSA) is 60.7 Å². The van der Waals surface area contributed by atoms with Crippen LogP contribution in [-0.2, 0) is 0 Å². The predicted octanol–water partition coefficient (Wildman–Crippen LogP) is -0.377. The molecule has 0 aromatic rings. The van der Waals surface area contributed by atoms with Crippen LogP contribution in [0.1, 0.15) is 13.8 Å². The van der Waals surface area contributed by atoms with Crippen LogP contribution in [0.5, 0.6) is 0 Å². The average molecular weight is 581 g/mol. The maximum Gasteiger partial charge on any atom is 0.489 e. The molecular formula is C41H12O3Si. The summed E-state index contributed by atoms with van der Waals surface area (Å²) in [5.41, 5.74) is 0. The summed E-state index contributed by atoms with van der Waals surface area (Å²) < 4.78 is 0. The Morgan fingerprint density at radius 3 is 0.356 bits per heavy atom. The van der Waals surface area contributed by atoms with Gasteiger partial charge < -0.3 is 14.4 Å². The SMILES string of the molecule is CC#CC#CC#CC#CC#CC#CC#CC#CC#CC#CC#CC#CC#CC#CC#CC#CC#CC#CC#CC.C[Si](O)(O)O. The molecule has 0 amide bonds. The Labute approximate surface area is 267 Å². The fourth-order valence-corrected chi connectivity index (χ4v) is 1.19. The van der Waals surface area contributed by atoms with E-state index >= 15 is 0 Å². The number of rotatable bonds is 0. The number of hydrogen-bond acceptors (Lipinski definition) is 3. The van der Waals surface area contributed by atoms with Gasteiger partial charge in [0.2, 0.25) is 0 Å². The lowest BCUT2D eigenvalue weighted by Crippen LogP contribution is -2.28. The monoisotopic (exact) mass is 580 g/mol. The van der Waals surface area contributed by atoms with Crippen molar-refractivity contribution < 1.29 is 14.4 Å². The highest BCUT2D eigenvalue weighted by atomic mass is 28.4. The van der Waals surface area contributed by atoms with Gasteiger partial charge in [-0.3, -0.25) is 0 Å². The van der Waals surface area contributed by atoms with E-state index in [0.29, 0.717) is 0 Å². The van der Waals surface area contributed by atoms with Crippen molar-refractivity contribution in [3.8, 4) is 225 Å². The second-order valence-electron chi connectivity index (χ2n) is 5.97. The molecule has 0 aliphatic carbocycles. The largest absolute Gasteiger partial charge is 0.489 e. The molecular weight excluding hydrogens is 569 g/mol. The minimum atomic E-state index is -3.61. The Balaban J connectivity index is 0. The zero-order chi connectivity index (χ0) is 33.4. The molecule has 0 bridgehead atoms. The lowest BCUT2D eigenvalue weighted by molar-refractivity contribution is 0.239. The molecule has 3 N–H and O–H groups in total. The van der Waals surface area contributed by atoms with E-state index in [1.54, 1.807) is 13.8 Å². The molecule has 0 rings (SSSR count). The van der Waals surface area contributed by atoms with Crippen LogP contribution in [0.4, 0.5) is 0 Å². The molecule has 45 heavy (non-hydrogen) atoms. The zero-order valence-electron chi connectivity index (χ0n) is 23.8. The van der Waals surface area contributed by atoms with Crippen molar-refractivity contribution in [1.82, 2.24) is 0 Å². The van der Waals surface area contributed by atoms with Crippen molar-refractivity contribution in [2.75, 3.05) is 0 Å². The molecule has 198 valence electrons. The van der Waals surface area contributed by atoms with Gasteiger partial charge in [-0.1, -0.05) is 11.8 Å². The fraction of sp³-hybridized carbons (Fsp3) is 0.0732. The van der Waals surface area contributed by atoms with Gasteiger partial charge >= 0.3 is 8.80 Å². The first-order valence-electron chi connectivity index (χ1n) is 11.4. The Bertz CT molecular complexity index is 2210. The summed E-state index contributed by atoms with van der Waals surface area (Å²) in [4.78, 5) is 23.3. The van der Waals surface area contributed by atoms with Crippen LogP contribution in [0.15, 0.2) is 0 Å². The van der Waals surface area contributed by atoms with Gasteiger partial charge in [0.25, 0.3) is 0 Å². The quantitative estimate of drug-likeness (QED) is 0.271. The summed E-state index contributed by atoms with van der Waals surface area (Å²) >= 11 is 0. The molecule has 0 aromatic carbocycles. The molecule has 0 aliphatic heterocycles. The molecule has 0 unspecified atom stereocenters. The van der Waals surface area contributed by atoms with Crippen LogP contribution < -0.4 is 0 Å². The van der Waals surface area contributed by atoms with E-state index in [4.69, 9.17) is 14.4 Å². The van der Waals surface area contributed by atoms with Crippen LogP contribution in [0.25, 0.3) is 0 Å². The van der Waals surface area contributed by atoms with Crippen LogP contribution in [0, 0.1) is 225 Å². The third kappa shape index (κ3) is 49.3. The van der Waals surface area contributed by atoms with Crippen molar-refractivity contribution in [3.05, 3.63) is 0 Å². The van der Waals surface area contributed by atoms with E-state index in [-0.39, 0.29) is 0 Å². The minimum absolute atomic E-state index is 0.993. The van der Waals surface area contributed by atoms with Crippen LogP contribution in [-0.4, -0.2) is 23.2 Å². The second-order valence-corrected chi connectivity index (χ2v) is 7.91. The Kier molecular flexibility index (Phi) is 29.2. The Morgan fingerprint density at radius 2 is 0.289 bits per heavy atom. The van der Waals surface area contributed by atoms with Crippen molar-refractivity contribution >= 4 is 8.80 Å². The third-order valence-corrected chi connectivity index (χ3v) is 2.44. The molecule has 0 saturated heterocycles. The number of hydrogen-bond donors (Lipinski definition) is 3. The Hall–Kier alpha value is -8.26. The minimum Gasteiger partial charge on any atom is -0.390 e. The molecule has 0 aromatic heterocycles. The molecule has 0 radical (unpaired) electrons. The van der Waals surface area contributed by atoms with Crippen LogP contribution in [0.2, 0.25) is 6.55 Å². The standard InChI is InChI=1S/C40H6.CH6O3Si/c1-3-5-7-9-11-13-15-17-19-21-23-25-27-29-31-33-35-37-39-40-38-36-34-32-30-28-26-24-22-20-18-16-14-12-10-8-6-4-2;1-5(2,3)4/h1-2H3;2-4H,1H3. The highest BCUT2D eigenvalue weighted by molar-refractivity contribution is 6.54. The molecule has 0 aliphatic rings. The normalized spacial score (nSPS) is 4.84. The van der Waals surface area contributed by atoms with E-state index in [2.05, 4.69) is 225 Å². The van der Waals surface area contributed by atoms with Crippen molar-refractivity contribution in [1.29, 1.82) is 0 Å².